The number of nitrogen functional groups attached to an aromatic ring is 1. The molecule has 2 N–H and O–H groups in total. The zero-order valence-electron chi connectivity index (χ0n) is 8.10. The first kappa shape index (κ1) is 10.4. The quantitative estimate of drug-likeness (QED) is 0.760. The van der Waals surface area contributed by atoms with E-state index in [1.165, 1.54) is 4.57 Å². The third kappa shape index (κ3) is 2.13. The summed E-state index contributed by atoms with van der Waals surface area (Å²) < 4.78 is 7.01. The summed E-state index contributed by atoms with van der Waals surface area (Å²) in [5.74, 6) is 0.677. The highest BCUT2D eigenvalue weighted by Crippen LogP contribution is 2.27. The summed E-state index contributed by atoms with van der Waals surface area (Å²) in [6.07, 6.45) is 3.02. The minimum Gasteiger partial charge on any atom is -0.383 e. The van der Waals surface area contributed by atoms with Crippen molar-refractivity contribution in [3.8, 4) is 0 Å². The Balaban J connectivity index is 2.20. The summed E-state index contributed by atoms with van der Waals surface area (Å²) in [5, 5.41) is 0. The Kier molecular flexibility index (Phi) is 2.93. The Morgan fingerprint density at radius 3 is 3.07 bits per heavy atom. The second-order valence-electron chi connectivity index (χ2n) is 3.49. The molecule has 1 aliphatic rings. The maximum absolute atomic E-state index is 11.5. The number of hydrogen-bond acceptors (Lipinski definition) is 4. The number of ether oxygens (including phenoxy) is 1. The van der Waals surface area contributed by atoms with Crippen molar-refractivity contribution in [2.75, 3.05) is 11.6 Å². The summed E-state index contributed by atoms with van der Waals surface area (Å²) in [7, 11) is 0. The largest absolute Gasteiger partial charge is 0.383 e. The number of hydrogen-bond donors (Lipinski definition) is 1. The van der Waals surface area contributed by atoms with Gasteiger partial charge in [-0.3, -0.25) is 4.57 Å². The van der Waals surface area contributed by atoms with Crippen molar-refractivity contribution >= 4 is 17.4 Å². The zero-order chi connectivity index (χ0) is 10.8. The maximum Gasteiger partial charge on any atom is 0.351 e. The summed E-state index contributed by atoms with van der Waals surface area (Å²) in [6.45, 7) is 0. The van der Waals surface area contributed by atoms with Gasteiger partial charge in [-0.1, -0.05) is 0 Å². The number of nitrogens with two attached hydrogens (primary N) is 1. The van der Waals surface area contributed by atoms with Gasteiger partial charge in [0, 0.05) is 12.1 Å². The van der Waals surface area contributed by atoms with E-state index < -0.39 is 0 Å². The lowest BCUT2D eigenvalue weighted by molar-refractivity contribution is 0.00958. The molecule has 0 aliphatic carbocycles. The Bertz CT molecular complexity index is 407. The van der Waals surface area contributed by atoms with Crippen molar-refractivity contribution in [1.82, 2.24) is 9.55 Å². The molecule has 2 atom stereocenters. The fourth-order valence-electron chi connectivity index (χ4n) is 1.65. The van der Waals surface area contributed by atoms with Crippen molar-refractivity contribution < 1.29 is 4.74 Å². The topological polar surface area (TPSA) is 70.1 Å². The van der Waals surface area contributed by atoms with Gasteiger partial charge in [-0.2, -0.15) is 4.98 Å². The van der Waals surface area contributed by atoms with E-state index in [1.807, 2.05) is 0 Å². The van der Waals surface area contributed by atoms with Crippen LogP contribution in [0.25, 0.3) is 0 Å². The van der Waals surface area contributed by atoms with Gasteiger partial charge < -0.3 is 10.5 Å². The second kappa shape index (κ2) is 4.20. The molecule has 0 bridgehead atoms. The highest BCUT2D eigenvalue weighted by molar-refractivity contribution is 6.18. The Hall–Kier alpha value is -1.07. The fraction of sp³-hybridized carbons (Fsp3) is 0.556. The average Bonchev–Trinajstić information content (AvgIpc) is 2.66. The SMILES string of the molecule is Nc1ccn([C@H]2CC[C@H](CCl)O2)c(=O)n1. The van der Waals surface area contributed by atoms with E-state index in [-0.39, 0.29) is 23.8 Å². The average molecular weight is 230 g/mol. The van der Waals surface area contributed by atoms with Gasteiger partial charge in [0.1, 0.15) is 12.0 Å². The van der Waals surface area contributed by atoms with E-state index in [4.69, 9.17) is 22.1 Å². The number of rotatable bonds is 2. The van der Waals surface area contributed by atoms with E-state index in [9.17, 15) is 4.79 Å². The van der Waals surface area contributed by atoms with Gasteiger partial charge in [0.05, 0.1) is 6.10 Å². The van der Waals surface area contributed by atoms with Crippen LogP contribution in [0, 0.1) is 0 Å². The molecule has 0 aromatic carbocycles. The van der Waals surface area contributed by atoms with Gasteiger partial charge in [0.2, 0.25) is 0 Å². The monoisotopic (exact) mass is 229 g/mol. The summed E-state index contributed by atoms with van der Waals surface area (Å²) in [5.41, 5.74) is 5.01. The van der Waals surface area contributed by atoms with Gasteiger partial charge >= 0.3 is 5.69 Å². The van der Waals surface area contributed by atoms with E-state index in [0.717, 1.165) is 12.8 Å². The van der Waals surface area contributed by atoms with Crippen LogP contribution < -0.4 is 11.4 Å². The number of alkyl halides is 1. The Labute approximate surface area is 91.8 Å². The van der Waals surface area contributed by atoms with Gasteiger partial charge in [-0.15, -0.1) is 11.6 Å². The molecular weight excluding hydrogens is 218 g/mol. The minimum absolute atomic E-state index is 0.0288. The molecule has 0 spiro atoms. The zero-order valence-corrected chi connectivity index (χ0v) is 8.85. The molecule has 0 saturated carbocycles. The summed E-state index contributed by atoms with van der Waals surface area (Å²) in [6, 6.07) is 1.58. The molecule has 1 saturated heterocycles. The standard InChI is InChI=1S/C9H12ClN3O2/c10-5-6-1-2-8(15-6)13-4-3-7(11)12-9(13)14/h3-4,6,8H,1-2,5H2,(H2,11,12,14)/t6-,8-/m1/s1. The molecule has 0 radical (unpaired) electrons. The lowest BCUT2D eigenvalue weighted by Crippen LogP contribution is -2.27. The van der Waals surface area contributed by atoms with Crippen molar-refractivity contribution in [3.63, 3.8) is 0 Å². The number of halogens is 1. The molecule has 1 fully saturated rings. The Morgan fingerprint density at radius 1 is 1.67 bits per heavy atom. The van der Waals surface area contributed by atoms with Crippen LogP contribution in [-0.2, 0) is 4.74 Å². The molecule has 2 heterocycles. The molecule has 6 heteroatoms. The molecule has 0 amide bonds. The van der Waals surface area contributed by atoms with Crippen LogP contribution in [0.1, 0.15) is 19.1 Å². The van der Waals surface area contributed by atoms with Crippen LogP contribution in [0.5, 0.6) is 0 Å². The van der Waals surface area contributed by atoms with Crippen molar-refractivity contribution in [1.29, 1.82) is 0 Å². The number of anilines is 1. The van der Waals surface area contributed by atoms with E-state index in [0.29, 0.717) is 5.88 Å². The molecule has 0 unspecified atom stereocenters. The third-order valence-corrected chi connectivity index (χ3v) is 2.76. The lowest BCUT2D eigenvalue weighted by atomic mass is 10.2. The Morgan fingerprint density at radius 2 is 2.47 bits per heavy atom. The van der Waals surface area contributed by atoms with Crippen LogP contribution in [0.3, 0.4) is 0 Å². The van der Waals surface area contributed by atoms with Gasteiger partial charge in [0.25, 0.3) is 0 Å². The van der Waals surface area contributed by atoms with Crippen molar-refractivity contribution in [2.24, 2.45) is 0 Å². The fourth-order valence-corrected chi connectivity index (χ4v) is 1.88. The molecule has 1 aliphatic heterocycles. The second-order valence-corrected chi connectivity index (χ2v) is 3.80. The smallest absolute Gasteiger partial charge is 0.351 e. The molecule has 1 aromatic rings. The normalized spacial score (nSPS) is 25.7. The number of aromatic nitrogens is 2. The molecular formula is C9H12ClN3O2. The van der Waals surface area contributed by atoms with Gasteiger partial charge in [-0.25, -0.2) is 4.79 Å². The predicted octanol–water partition coefficient (Wildman–Crippen LogP) is 0.742. The lowest BCUT2D eigenvalue weighted by Gasteiger charge is -2.14. The summed E-state index contributed by atoms with van der Waals surface area (Å²) in [4.78, 5) is 15.1. The van der Waals surface area contributed by atoms with Crippen LogP contribution >= 0.6 is 11.6 Å². The predicted molar refractivity (Wildman–Crippen MR) is 56.8 cm³/mol. The van der Waals surface area contributed by atoms with Gasteiger partial charge in [-0.05, 0) is 18.9 Å². The molecule has 15 heavy (non-hydrogen) atoms. The number of nitrogens with zero attached hydrogens (tertiary/aromatic N) is 2. The molecule has 5 nitrogen and oxygen atoms in total. The summed E-state index contributed by atoms with van der Waals surface area (Å²) >= 11 is 5.68. The highest BCUT2D eigenvalue weighted by atomic mass is 35.5. The first-order valence-electron chi connectivity index (χ1n) is 4.77. The molecule has 1 aromatic heterocycles. The van der Waals surface area contributed by atoms with E-state index in [2.05, 4.69) is 4.98 Å². The van der Waals surface area contributed by atoms with Crippen LogP contribution in [-0.4, -0.2) is 21.5 Å². The van der Waals surface area contributed by atoms with E-state index >= 15 is 0 Å². The third-order valence-electron chi connectivity index (χ3n) is 2.42. The van der Waals surface area contributed by atoms with Crippen LogP contribution in [0.4, 0.5) is 5.82 Å². The van der Waals surface area contributed by atoms with Crippen molar-refractivity contribution in [2.45, 2.75) is 25.2 Å². The minimum atomic E-state index is -0.379. The van der Waals surface area contributed by atoms with E-state index in [1.54, 1.807) is 12.3 Å². The van der Waals surface area contributed by atoms with Crippen LogP contribution in [0.2, 0.25) is 0 Å². The maximum atomic E-state index is 11.5. The van der Waals surface area contributed by atoms with Gasteiger partial charge in [0.15, 0.2) is 0 Å². The molecule has 82 valence electrons. The van der Waals surface area contributed by atoms with Crippen LogP contribution in [0.15, 0.2) is 17.1 Å². The highest BCUT2D eigenvalue weighted by Gasteiger charge is 2.26. The first-order chi connectivity index (χ1) is 7.20. The molecule has 2 rings (SSSR count). The van der Waals surface area contributed by atoms with Crippen molar-refractivity contribution in [3.05, 3.63) is 22.7 Å². The first-order valence-corrected chi connectivity index (χ1v) is 5.30.